The van der Waals surface area contributed by atoms with Gasteiger partial charge in [-0.15, -0.1) is 0 Å². The van der Waals surface area contributed by atoms with Gasteiger partial charge in [0.05, 0.1) is 23.8 Å². The van der Waals surface area contributed by atoms with Gasteiger partial charge in [0.25, 0.3) is 5.69 Å². The van der Waals surface area contributed by atoms with Gasteiger partial charge in [0.1, 0.15) is 0 Å². The molecule has 2 rings (SSSR count). The van der Waals surface area contributed by atoms with Crippen molar-refractivity contribution in [2.75, 3.05) is 20.3 Å². The highest BCUT2D eigenvalue weighted by Gasteiger charge is 2.12. The normalized spacial score (nSPS) is 10.8. The third kappa shape index (κ3) is 5.82. The van der Waals surface area contributed by atoms with Crippen molar-refractivity contribution in [1.29, 1.82) is 0 Å². The van der Waals surface area contributed by atoms with Crippen LogP contribution in [0.2, 0.25) is 0 Å². The molecule has 25 heavy (non-hydrogen) atoms. The van der Waals surface area contributed by atoms with E-state index >= 15 is 0 Å². The Bertz CT molecular complexity index is 747. The van der Waals surface area contributed by atoms with Crippen molar-refractivity contribution >= 4 is 17.7 Å². The summed E-state index contributed by atoms with van der Waals surface area (Å²) in [6.07, 6.45) is 4.64. The van der Waals surface area contributed by atoms with Crippen molar-refractivity contribution < 1.29 is 14.5 Å². The van der Waals surface area contributed by atoms with Gasteiger partial charge in [-0.25, -0.2) is 0 Å². The molecule has 1 heterocycles. The molecule has 1 amide bonds. The van der Waals surface area contributed by atoms with Crippen molar-refractivity contribution in [2.24, 2.45) is 0 Å². The summed E-state index contributed by atoms with van der Waals surface area (Å²) in [6.45, 7) is 1.19. The van der Waals surface area contributed by atoms with Gasteiger partial charge in [-0.3, -0.25) is 19.9 Å². The summed E-state index contributed by atoms with van der Waals surface area (Å²) in [6, 6.07) is 11.6. The molecule has 0 aliphatic rings. The van der Waals surface area contributed by atoms with Gasteiger partial charge in [-0.2, -0.15) is 0 Å². The molecule has 130 valence electrons. The predicted molar refractivity (Wildman–Crippen MR) is 93.7 cm³/mol. The van der Waals surface area contributed by atoms with Gasteiger partial charge in [0, 0.05) is 38.1 Å². The number of hydrogen-bond donors (Lipinski definition) is 0. The average molecular weight is 341 g/mol. The van der Waals surface area contributed by atoms with E-state index in [-0.39, 0.29) is 11.6 Å². The summed E-state index contributed by atoms with van der Waals surface area (Å²) in [7, 11) is 1.57. The SMILES string of the molecule is COCCN(Cc1ccccn1)C(=O)C=Cc1cccc([N+](=O)[O-])c1. The summed E-state index contributed by atoms with van der Waals surface area (Å²) in [4.78, 5) is 28.6. The minimum atomic E-state index is -0.467. The first-order chi connectivity index (χ1) is 12.1. The van der Waals surface area contributed by atoms with Crippen molar-refractivity contribution in [2.45, 2.75) is 6.54 Å². The smallest absolute Gasteiger partial charge is 0.270 e. The van der Waals surface area contributed by atoms with Gasteiger partial charge in [-0.1, -0.05) is 18.2 Å². The number of pyridine rings is 1. The Kier molecular flexibility index (Phi) is 6.79. The summed E-state index contributed by atoms with van der Waals surface area (Å²) in [5.74, 6) is -0.214. The van der Waals surface area contributed by atoms with Crippen LogP contribution in [0.3, 0.4) is 0 Å². The molecule has 0 spiro atoms. The van der Waals surface area contributed by atoms with Crippen molar-refractivity contribution in [3.63, 3.8) is 0 Å². The second kappa shape index (κ2) is 9.29. The summed E-state index contributed by atoms with van der Waals surface area (Å²) < 4.78 is 5.05. The maximum Gasteiger partial charge on any atom is 0.270 e. The minimum Gasteiger partial charge on any atom is -0.383 e. The Labute approximate surface area is 145 Å². The number of benzene rings is 1. The van der Waals surface area contributed by atoms with Gasteiger partial charge in [0.2, 0.25) is 5.91 Å². The molecule has 0 bridgehead atoms. The third-order valence-electron chi connectivity index (χ3n) is 3.46. The number of carbonyl (C=O) groups excluding carboxylic acids is 1. The molecule has 0 saturated carbocycles. The molecule has 0 unspecified atom stereocenters. The summed E-state index contributed by atoms with van der Waals surface area (Å²) >= 11 is 0. The molecular formula is C18H19N3O4. The van der Waals surface area contributed by atoms with Crippen LogP contribution in [0.5, 0.6) is 0 Å². The number of hydrogen-bond acceptors (Lipinski definition) is 5. The lowest BCUT2D eigenvalue weighted by molar-refractivity contribution is -0.384. The zero-order valence-corrected chi connectivity index (χ0v) is 13.9. The first-order valence-electron chi connectivity index (χ1n) is 7.70. The highest BCUT2D eigenvalue weighted by Crippen LogP contribution is 2.14. The number of rotatable bonds is 8. The van der Waals surface area contributed by atoms with E-state index in [1.807, 2.05) is 18.2 Å². The van der Waals surface area contributed by atoms with Crippen LogP contribution in [-0.4, -0.2) is 41.0 Å². The highest BCUT2D eigenvalue weighted by atomic mass is 16.6. The van der Waals surface area contributed by atoms with Crippen LogP contribution in [0, 0.1) is 10.1 Å². The van der Waals surface area contributed by atoms with Gasteiger partial charge < -0.3 is 9.64 Å². The van der Waals surface area contributed by atoms with E-state index in [1.165, 1.54) is 18.2 Å². The van der Waals surface area contributed by atoms with Crippen LogP contribution in [-0.2, 0) is 16.1 Å². The minimum absolute atomic E-state index is 0.0145. The number of nitro benzene ring substituents is 1. The Morgan fingerprint density at radius 1 is 1.32 bits per heavy atom. The molecule has 0 radical (unpaired) electrons. The van der Waals surface area contributed by atoms with E-state index in [1.54, 1.807) is 36.4 Å². The molecule has 0 saturated heterocycles. The lowest BCUT2D eigenvalue weighted by Crippen LogP contribution is -2.32. The lowest BCUT2D eigenvalue weighted by Gasteiger charge is -2.20. The van der Waals surface area contributed by atoms with E-state index in [9.17, 15) is 14.9 Å². The van der Waals surface area contributed by atoms with Gasteiger partial charge in [-0.05, 0) is 23.8 Å². The number of amides is 1. The van der Waals surface area contributed by atoms with E-state index in [4.69, 9.17) is 4.74 Å². The molecule has 1 aromatic heterocycles. The number of nitrogens with zero attached hydrogens (tertiary/aromatic N) is 3. The Morgan fingerprint density at radius 2 is 2.16 bits per heavy atom. The van der Waals surface area contributed by atoms with Crippen molar-refractivity contribution in [1.82, 2.24) is 9.88 Å². The fraction of sp³-hybridized carbons (Fsp3) is 0.222. The maximum atomic E-state index is 12.5. The number of ether oxygens (including phenoxy) is 1. The molecule has 0 aliphatic heterocycles. The molecule has 0 N–H and O–H groups in total. The average Bonchev–Trinajstić information content (AvgIpc) is 2.64. The van der Waals surface area contributed by atoms with Gasteiger partial charge >= 0.3 is 0 Å². The first kappa shape index (κ1) is 18.3. The number of methoxy groups -OCH3 is 1. The predicted octanol–water partition coefficient (Wildman–Crippen LogP) is 2.68. The summed E-state index contributed by atoms with van der Waals surface area (Å²) in [5, 5.41) is 10.8. The van der Waals surface area contributed by atoms with Crippen LogP contribution in [0.1, 0.15) is 11.3 Å². The lowest BCUT2D eigenvalue weighted by atomic mass is 10.2. The molecule has 0 atom stereocenters. The van der Waals surface area contributed by atoms with Crippen molar-refractivity contribution in [3.8, 4) is 0 Å². The van der Waals surface area contributed by atoms with Gasteiger partial charge in [0.15, 0.2) is 0 Å². The van der Waals surface area contributed by atoms with Crippen LogP contribution in [0.15, 0.2) is 54.7 Å². The van der Waals surface area contributed by atoms with Crippen LogP contribution >= 0.6 is 0 Å². The number of aromatic nitrogens is 1. The molecule has 0 aliphatic carbocycles. The number of nitro groups is 1. The Hall–Kier alpha value is -3.06. The zero-order valence-electron chi connectivity index (χ0n) is 13.9. The molecule has 7 nitrogen and oxygen atoms in total. The molecule has 0 fully saturated rings. The van der Waals surface area contributed by atoms with Crippen LogP contribution in [0.4, 0.5) is 5.69 Å². The van der Waals surface area contributed by atoms with E-state index in [0.717, 1.165) is 5.69 Å². The van der Waals surface area contributed by atoms with Crippen molar-refractivity contribution in [3.05, 3.63) is 76.1 Å². The number of non-ortho nitro benzene ring substituents is 1. The molecule has 1 aromatic carbocycles. The largest absolute Gasteiger partial charge is 0.383 e. The summed E-state index contributed by atoms with van der Waals surface area (Å²) in [5.41, 5.74) is 1.35. The molecule has 2 aromatic rings. The van der Waals surface area contributed by atoms with E-state index in [0.29, 0.717) is 25.3 Å². The third-order valence-corrected chi connectivity index (χ3v) is 3.46. The Morgan fingerprint density at radius 3 is 2.84 bits per heavy atom. The monoisotopic (exact) mass is 341 g/mol. The highest BCUT2D eigenvalue weighted by molar-refractivity contribution is 5.91. The molecule has 7 heteroatoms. The molecular weight excluding hydrogens is 322 g/mol. The van der Waals surface area contributed by atoms with E-state index < -0.39 is 4.92 Å². The topological polar surface area (TPSA) is 85.6 Å². The first-order valence-corrected chi connectivity index (χ1v) is 7.70. The quantitative estimate of drug-likeness (QED) is 0.419. The Balaban J connectivity index is 2.10. The maximum absolute atomic E-state index is 12.5. The fourth-order valence-electron chi connectivity index (χ4n) is 2.17. The second-order valence-electron chi connectivity index (χ2n) is 5.26. The second-order valence-corrected chi connectivity index (χ2v) is 5.26. The fourth-order valence-corrected chi connectivity index (χ4v) is 2.17. The zero-order chi connectivity index (χ0) is 18.1. The standard InChI is InChI=1S/C18H19N3O4/c1-25-12-11-20(14-16-6-2-3-10-19-16)18(22)9-8-15-5-4-7-17(13-15)21(23)24/h2-10,13H,11-12,14H2,1H3. The van der Waals surface area contributed by atoms with Crippen LogP contribution in [0.25, 0.3) is 6.08 Å². The number of carbonyl (C=O) groups is 1. The van der Waals surface area contributed by atoms with E-state index in [2.05, 4.69) is 4.98 Å². The van der Waals surface area contributed by atoms with Crippen LogP contribution < -0.4 is 0 Å².